The van der Waals surface area contributed by atoms with Gasteiger partial charge >= 0.3 is 6.03 Å². The molecular formula is C21H35ClN4O2. The van der Waals surface area contributed by atoms with Crippen molar-refractivity contribution in [1.82, 2.24) is 20.9 Å². The van der Waals surface area contributed by atoms with Crippen molar-refractivity contribution in [3.05, 3.63) is 0 Å². The predicted octanol–water partition coefficient (Wildman–Crippen LogP) is 2.42. The molecule has 2 atom stereocenters. The monoisotopic (exact) mass is 410 g/mol. The highest BCUT2D eigenvalue weighted by Gasteiger charge is 2.51. The molecule has 6 fully saturated rings. The molecule has 4 aliphatic carbocycles. The van der Waals surface area contributed by atoms with Crippen LogP contribution in [-0.4, -0.2) is 54.1 Å². The number of carbonyl (C=O) groups excluding carboxylic acids is 2. The Kier molecular flexibility index (Phi) is 5.81. The van der Waals surface area contributed by atoms with Gasteiger partial charge in [0.05, 0.1) is 0 Å². The summed E-state index contributed by atoms with van der Waals surface area (Å²) in [6, 6.07) is 0.993. The summed E-state index contributed by atoms with van der Waals surface area (Å²) in [7, 11) is 0. The molecule has 4 saturated carbocycles. The maximum absolute atomic E-state index is 12.5. The lowest BCUT2D eigenvalue weighted by atomic mass is 9.53. The van der Waals surface area contributed by atoms with Crippen LogP contribution in [0.1, 0.15) is 64.2 Å². The van der Waals surface area contributed by atoms with Crippen molar-refractivity contribution in [2.24, 2.45) is 17.8 Å². The molecule has 6 aliphatic rings. The third kappa shape index (κ3) is 4.13. The first-order valence-electron chi connectivity index (χ1n) is 11.2. The zero-order valence-electron chi connectivity index (χ0n) is 16.8. The third-order valence-electron chi connectivity index (χ3n) is 7.92. The molecule has 7 heteroatoms. The molecule has 0 aromatic rings. The first kappa shape index (κ1) is 20.3. The molecule has 3 N–H and O–H groups in total. The topological polar surface area (TPSA) is 73.5 Å². The second-order valence-corrected chi connectivity index (χ2v) is 10.1. The van der Waals surface area contributed by atoms with Crippen molar-refractivity contribution in [3.8, 4) is 0 Å². The molecule has 158 valence electrons. The fraction of sp³-hybridized carbons (Fsp3) is 0.905. The second-order valence-electron chi connectivity index (χ2n) is 10.1. The normalized spacial score (nSPS) is 40.6. The molecule has 6 rings (SSSR count). The minimum atomic E-state index is -0.0682. The van der Waals surface area contributed by atoms with Crippen LogP contribution < -0.4 is 16.0 Å². The number of rotatable bonds is 4. The molecule has 0 radical (unpaired) electrons. The highest BCUT2D eigenvalue weighted by Crippen LogP contribution is 2.55. The number of likely N-dealkylation sites (tertiary alicyclic amines) is 1. The lowest BCUT2D eigenvalue weighted by Crippen LogP contribution is -2.61. The van der Waals surface area contributed by atoms with Gasteiger partial charge in [-0.05, 0) is 75.5 Å². The van der Waals surface area contributed by atoms with Gasteiger partial charge < -0.3 is 20.9 Å². The molecule has 2 aliphatic heterocycles. The molecule has 6 nitrogen and oxygen atoms in total. The van der Waals surface area contributed by atoms with Crippen LogP contribution in [0.4, 0.5) is 4.79 Å². The van der Waals surface area contributed by atoms with E-state index in [4.69, 9.17) is 0 Å². The van der Waals surface area contributed by atoms with E-state index in [0.717, 1.165) is 56.5 Å². The first-order valence-corrected chi connectivity index (χ1v) is 11.2. The zero-order valence-corrected chi connectivity index (χ0v) is 17.6. The smallest absolute Gasteiger partial charge is 0.315 e. The van der Waals surface area contributed by atoms with E-state index in [0.29, 0.717) is 25.0 Å². The van der Waals surface area contributed by atoms with Crippen molar-refractivity contribution in [1.29, 1.82) is 0 Å². The van der Waals surface area contributed by atoms with Gasteiger partial charge in [-0.3, -0.25) is 4.79 Å². The number of amides is 3. The van der Waals surface area contributed by atoms with Crippen molar-refractivity contribution in [2.45, 2.75) is 81.8 Å². The van der Waals surface area contributed by atoms with E-state index in [2.05, 4.69) is 16.0 Å². The Bertz CT molecular complexity index is 578. The fourth-order valence-electron chi connectivity index (χ4n) is 7.16. The SMILES string of the molecule is Cl.O=C(NCCC(=O)N1CCC2CCC(C1)N2)NC12CC3CC(CC(C3)C1)C2. The van der Waals surface area contributed by atoms with Crippen LogP contribution in [0.25, 0.3) is 0 Å². The Balaban J connectivity index is 0.00000192. The molecule has 3 amide bonds. The number of carbonyl (C=O) groups is 2. The number of urea groups is 1. The quantitative estimate of drug-likeness (QED) is 0.666. The van der Waals surface area contributed by atoms with Gasteiger partial charge in [0.15, 0.2) is 0 Å². The first-order chi connectivity index (χ1) is 13.1. The Hall–Kier alpha value is -1.01. The fourth-order valence-corrected chi connectivity index (χ4v) is 7.16. The van der Waals surface area contributed by atoms with Gasteiger partial charge in [-0.25, -0.2) is 4.79 Å². The van der Waals surface area contributed by atoms with Gasteiger partial charge in [0.2, 0.25) is 5.91 Å². The van der Waals surface area contributed by atoms with E-state index < -0.39 is 0 Å². The molecule has 2 unspecified atom stereocenters. The minimum absolute atomic E-state index is 0. The van der Waals surface area contributed by atoms with Crippen molar-refractivity contribution >= 4 is 24.3 Å². The molecule has 2 heterocycles. The van der Waals surface area contributed by atoms with E-state index in [-0.39, 0.29) is 29.9 Å². The van der Waals surface area contributed by atoms with Gasteiger partial charge in [-0.2, -0.15) is 0 Å². The number of halogens is 1. The maximum Gasteiger partial charge on any atom is 0.315 e. The van der Waals surface area contributed by atoms with Gasteiger partial charge in [0, 0.05) is 43.7 Å². The standard InChI is InChI=1S/C21H34N4O2.ClH/c26-19(25-6-4-17-1-2-18(13-25)23-17)3-5-22-20(27)24-21-10-14-7-15(11-21)9-16(8-14)12-21;/h14-18,23H,1-13H2,(H2,22,24,27);1H. The molecular weight excluding hydrogens is 376 g/mol. The van der Waals surface area contributed by atoms with Crippen LogP contribution in [0.3, 0.4) is 0 Å². The lowest BCUT2D eigenvalue weighted by molar-refractivity contribution is -0.131. The zero-order chi connectivity index (χ0) is 18.4. The maximum atomic E-state index is 12.5. The Morgan fingerprint density at radius 2 is 1.61 bits per heavy atom. The van der Waals surface area contributed by atoms with E-state index in [1.807, 2.05) is 4.90 Å². The summed E-state index contributed by atoms with van der Waals surface area (Å²) in [5, 5.41) is 9.90. The van der Waals surface area contributed by atoms with Crippen molar-refractivity contribution in [2.75, 3.05) is 19.6 Å². The highest BCUT2D eigenvalue weighted by atomic mass is 35.5. The van der Waals surface area contributed by atoms with E-state index in [1.54, 1.807) is 0 Å². The van der Waals surface area contributed by atoms with Crippen LogP contribution >= 0.6 is 12.4 Å². The predicted molar refractivity (Wildman–Crippen MR) is 110 cm³/mol. The van der Waals surface area contributed by atoms with E-state index in [9.17, 15) is 9.59 Å². The average Bonchev–Trinajstić information content (AvgIpc) is 2.91. The van der Waals surface area contributed by atoms with Crippen LogP contribution in [0, 0.1) is 17.8 Å². The Labute approximate surface area is 174 Å². The van der Waals surface area contributed by atoms with Gasteiger partial charge in [0.25, 0.3) is 0 Å². The van der Waals surface area contributed by atoms with E-state index in [1.165, 1.54) is 32.1 Å². The summed E-state index contributed by atoms with van der Waals surface area (Å²) in [5.74, 6) is 2.65. The number of fused-ring (bicyclic) bond motifs is 2. The summed E-state index contributed by atoms with van der Waals surface area (Å²) in [4.78, 5) is 27.0. The summed E-state index contributed by atoms with van der Waals surface area (Å²) in [5.41, 5.74) is 0.0402. The largest absolute Gasteiger partial charge is 0.341 e. The van der Waals surface area contributed by atoms with Crippen molar-refractivity contribution < 1.29 is 9.59 Å². The number of hydrogen-bond donors (Lipinski definition) is 3. The molecule has 2 saturated heterocycles. The van der Waals surface area contributed by atoms with Gasteiger partial charge in [-0.15, -0.1) is 12.4 Å². The summed E-state index contributed by atoms with van der Waals surface area (Å²) < 4.78 is 0. The Morgan fingerprint density at radius 1 is 0.964 bits per heavy atom. The lowest BCUT2D eigenvalue weighted by Gasteiger charge is -2.56. The number of nitrogens with one attached hydrogen (secondary N) is 3. The van der Waals surface area contributed by atoms with Crippen LogP contribution in [0.2, 0.25) is 0 Å². The third-order valence-corrected chi connectivity index (χ3v) is 7.92. The van der Waals surface area contributed by atoms with Gasteiger partial charge in [0.1, 0.15) is 0 Å². The highest BCUT2D eigenvalue weighted by molar-refractivity contribution is 5.85. The summed E-state index contributed by atoms with van der Waals surface area (Å²) in [6.45, 7) is 2.12. The van der Waals surface area contributed by atoms with E-state index >= 15 is 0 Å². The molecule has 28 heavy (non-hydrogen) atoms. The van der Waals surface area contributed by atoms with Crippen LogP contribution in [-0.2, 0) is 4.79 Å². The number of hydrogen-bond acceptors (Lipinski definition) is 3. The van der Waals surface area contributed by atoms with Crippen LogP contribution in [0.5, 0.6) is 0 Å². The molecule has 6 bridgehead atoms. The summed E-state index contributed by atoms with van der Waals surface area (Å²) in [6.07, 6.45) is 11.5. The van der Waals surface area contributed by atoms with Crippen LogP contribution in [0.15, 0.2) is 0 Å². The van der Waals surface area contributed by atoms with Crippen molar-refractivity contribution in [3.63, 3.8) is 0 Å². The minimum Gasteiger partial charge on any atom is -0.341 e. The molecule has 0 aromatic carbocycles. The second kappa shape index (κ2) is 8.02. The summed E-state index contributed by atoms with van der Waals surface area (Å²) >= 11 is 0. The average molecular weight is 411 g/mol. The van der Waals surface area contributed by atoms with Gasteiger partial charge in [-0.1, -0.05) is 0 Å². The molecule has 0 spiro atoms. The number of nitrogens with zero attached hydrogens (tertiary/aromatic N) is 1. The molecule has 0 aromatic heterocycles. The Morgan fingerprint density at radius 3 is 2.29 bits per heavy atom.